The van der Waals surface area contributed by atoms with Gasteiger partial charge in [0.25, 0.3) is 0 Å². The van der Waals surface area contributed by atoms with E-state index in [0.717, 1.165) is 36.4 Å². The van der Waals surface area contributed by atoms with Crippen molar-refractivity contribution in [2.24, 2.45) is 5.92 Å². The zero-order valence-corrected chi connectivity index (χ0v) is 15.3. The summed E-state index contributed by atoms with van der Waals surface area (Å²) in [6, 6.07) is 12.4. The van der Waals surface area contributed by atoms with Crippen LogP contribution >= 0.6 is 22.9 Å². The average Bonchev–Trinajstić information content (AvgIpc) is 3.04. The number of nitrogens with zero attached hydrogens (tertiary/aromatic N) is 1. The molecule has 0 radical (unpaired) electrons. The molecule has 1 N–H and O–H groups in total. The summed E-state index contributed by atoms with van der Waals surface area (Å²) in [6.45, 7) is 3.66. The van der Waals surface area contributed by atoms with Crippen LogP contribution in [0.3, 0.4) is 0 Å². The lowest BCUT2D eigenvalue weighted by atomic mass is 9.94. The number of aliphatic carboxylic acids is 1. The molecule has 128 valence electrons. The van der Waals surface area contributed by atoms with Crippen molar-refractivity contribution in [3.63, 3.8) is 0 Å². The fourth-order valence-electron chi connectivity index (χ4n) is 3.41. The summed E-state index contributed by atoms with van der Waals surface area (Å²) in [4.78, 5) is 16.4. The van der Waals surface area contributed by atoms with E-state index in [-0.39, 0.29) is 12.0 Å². The molecule has 2 atom stereocenters. The molecular formula is C19H22ClNO2S. The monoisotopic (exact) mass is 363 g/mol. The first kappa shape index (κ1) is 17.5. The van der Waals surface area contributed by atoms with Gasteiger partial charge in [-0.15, -0.1) is 11.3 Å². The Bertz CT molecular complexity index is 715. The fourth-order valence-corrected chi connectivity index (χ4v) is 4.72. The first-order valence-electron chi connectivity index (χ1n) is 8.39. The topological polar surface area (TPSA) is 40.5 Å². The second kappa shape index (κ2) is 7.68. The van der Waals surface area contributed by atoms with Gasteiger partial charge in [0.1, 0.15) is 0 Å². The van der Waals surface area contributed by atoms with E-state index in [9.17, 15) is 9.90 Å². The Balaban J connectivity index is 1.96. The van der Waals surface area contributed by atoms with E-state index in [1.165, 1.54) is 9.75 Å². The molecular weight excluding hydrogens is 342 g/mol. The number of carbonyl (C=O) groups is 1. The zero-order valence-electron chi connectivity index (χ0n) is 13.7. The molecule has 1 aromatic carbocycles. The van der Waals surface area contributed by atoms with Crippen molar-refractivity contribution in [3.05, 3.63) is 56.7 Å². The third-order valence-electron chi connectivity index (χ3n) is 4.63. The highest BCUT2D eigenvalue weighted by Crippen LogP contribution is 2.37. The second-order valence-corrected chi connectivity index (χ2v) is 7.92. The van der Waals surface area contributed by atoms with Gasteiger partial charge in [-0.2, -0.15) is 0 Å². The Labute approximate surface area is 151 Å². The first-order chi connectivity index (χ1) is 11.6. The van der Waals surface area contributed by atoms with Crippen molar-refractivity contribution in [1.82, 2.24) is 4.90 Å². The third-order valence-corrected chi connectivity index (χ3v) is 6.15. The number of hydrogen-bond acceptors (Lipinski definition) is 3. The van der Waals surface area contributed by atoms with E-state index in [1.54, 1.807) is 0 Å². The summed E-state index contributed by atoms with van der Waals surface area (Å²) in [5, 5.41) is 10.1. The number of likely N-dealkylation sites (tertiary alicyclic amines) is 1. The largest absolute Gasteiger partial charge is 0.481 e. The first-order valence-corrected chi connectivity index (χ1v) is 9.59. The maximum absolute atomic E-state index is 11.5. The molecule has 1 fully saturated rings. The quantitative estimate of drug-likeness (QED) is 0.825. The van der Waals surface area contributed by atoms with Crippen LogP contribution in [0.5, 0.6) is 0 Å². The summed E-state index contributed by atoms with van der Waals surface area (Å²) in [5.74, 6) is -0.976. The van der Waals surface area contributed by atoms with Crippen molar-refractivity contribution >= 4 is 28.9 Å². The predicted octanol–water partition coefficient (Wildman–Crippen LogP) is 4.85. The van der Waals surface area contributed by atoms with Gasteiger partial charge >= 0.3 is 5.97 Å². The van der Waals surface area contributed by atoms with Crippen LogP contribution in [-0.2, 0) is 11.2 Å². The van der Waals surface area contributed by atoms with E-state index in [1.807, 2.05) is 29.5 Å². The molecule has 1 aliphatic rings. The van der Waals surface area contributed by atoms with Crippen LogP contribution in [0.4, 0.5) is 0 Å². The molecule has 0 bridgehead atoms. The molecule has 1 aliphatic heterocycles. The molecule has 2 aromatic rings. The molecule has 0 amide bonds. The molecule has 0 aliphatic carbocycles. The fraction of sp³-hybridized carbons (Fsp3) is 0.421. The molecule has 0 saturated carbocycles. The number of halogens is 1. The highest BCUT2D eigenvalue weighted by molar-refractivity contribution is 7.12. The minimum absolute atomic E-state index is 0.0798. The van der Waals surface area contributed by atoms with E-state index < -0.39 is 5.97 Å². The standard InChI is InChI=1S/C19H22ClNO2S/c1-2-16-8-9-17(24-16)18(13-5-3-7-15(20)11-13)21-10-4-6-14(12-21)19(22)23/h3,5,7-9,11,14,18H,2,4,6,10,12H2,1H3,(H,22,23). The Morgan fingerprint density at radius 3 is 2.92 bits per heavy atom. The van der Waals surface area contributed by atoms with Crippen LogP contribution in [0.15, 0.2) is 36.4 Å². The summed E-state index contributed by atoms with van der Waals surface area (Å²) in [5.41, 5.74) is 1.14. The van der Waals surface area contributed by atoms with Gasteiger partial charge in [-0.05, 0) is 55.6 Å². The lowest BCUT2D eigenvalue weighted by Crippen LogP contribution is -2.41. The Kier molecular flexibility index (Phi) is 5.59. The maximum Gasteiger partial charge on any atom is 0.307 e. The average molecular weight is 364 g/mol. The van der Waals surface area contributed by atoms with Crippen LogP contribution in [0.1, 0.15) is 41.1 Å². The molecule has 0 spiro atoms. The van der Waals surface area contributed by atoms with Crippen LogP contribution in [-0.4, -0.2) is 29.1 Å². The van der Waals surface area contributed by atoms with Crippen molar-refractivity contribution in [2.75, 3.05) is 13.1 Å². The van der Waals surface area contributed by atoms with Crippen molar-refractivity contribution < 1.29 is 9.90 Å². The van der Waals surface area contributed by atoms with Gasteiger partial charge in [-0.3, -0.25) is 9.69 Å². The molecule has 3 nitrogen and oxygen atoms in total. The van der Waals surface area contributed by atoms with Gasteiger partial charge in [0.2, 0.25) is 0 Å². The van der Waals surface area contributed by atoms with Crippen LogP contribution in [0.2, 0.25) is 5.02 Å². The zero-order chi connectivity index (χ0) is 17.1. The van der Waals surface area contributed by atoms with Crippen LogP contribution in [0.25, 0.3) is 0 Å². The van der Waals surface area contributed by atoms with Crippen molar-refractivity contribution in [3.8, 4) is 0 Å². The molecule has 24 heavy (non-hydrogen) atoms. The molecule has 1 aromatic heterocycles. The van der Waals surface area contributed by atoms with Crippen LogP contribution in [0, 0.1) is 5.92 Å². The third kappa shape index (κ3) is 3.82. The number of hydrogen-bond donors (Lipinski definition) is 1. The Morgan fingerprint density at radius 1 is 1.42 bits per heavy atom. The number of aryl methyl sites for hydroxylation is 1. The van der Waals surface area contributed by atoms with E-state index >= 15 is 0 Å². The van der Waals surface area contributed by atoms with Gasteiger partial charge < -0.3 is 5.11 Å². The minimum Gasteiger partial charge on any atom is -0.481 e. The normalized spacial score (nSPS) is 20.0. The van der Waals surface area contributed by atoms with Gasteiger partial charge in [0.15, 0.2) is 0 Å². The van der Waals surface area contributed by atoms with Crippen LogP contribution < -0.4 is 0 Å². The number of benzene rings is 1. The van der Waals surface area contributed by atoms with Gasteiger partial charge in [0.05, 0.1) is 12.0 Å². The Morgan fingerprint density at radius 2 is 2.25 bits per heavy atom. The van der Waals surface area contributed by atoms with Gasteiger partial charge in [0, 0.05) is 21.3 Å². The summed E-state index contributed by atoms with van der Waals surface area (Å²) in [7, 11) is 0. The minimum atomic E-state index is -0.690. The predicted molar refractivity (Wildman–Crippen MR) is 98.9 cm³/mol. The number of rotatable bonds is 5. The number of thiophene rings is 1. The number of carboxylic acid groups (broad SMARTS) is 1. The van der Waals surface area contributed by atoms with E-state index in [0.29, 0.717) is 6.54 Å². The molecule has 2 heterocycles. The molecule has 2 unspecified atom stereocenters. The van der Waals surface area contributed by atoms with E-state index in [4.69, 9.17) is 11.6 Å². The maximum atomic E-state index is 11.5. The van der Waals surface area contributed by atoms with Crippen molar-refractivity contribution in [1.29, 1.82) is 0 Å². The van der Waals surface area contributed by atoms with Gasteiger partial charge in [-0.25, -0.2) is 0 Å². The van der Waals surface area contributed by atoms with Gasteiger partial charge in [-0.1, -0.05) is 30.7 Å². The molecule has 3 rings (SSSR count). The number of carboxylic acids is 1. The number of piperidine rings is 1. The lowest BCUT2D eigenvalue weighted by Gasteiger charge is -2.37. The summed E-state index contributed by atoms with van der Waals surface area (Å²) >= 11 is 8.03. The SMILES string of the molecule is CCc1ccc(C(c2cccc(Cl)c2)N2CCCC(C(=O)O)C2)s1. The Hall–Kier alpha value is -1.36. The summed E-state index contributed by atoms with van der Waals surface area (Å²) < 4.78 is 0. The lowest BCUT2D eigenvalue weighted by molar-refractivity contribution is -0.143. The van der Waals surface area contributed by atoms with E-state index in [2.05, 4.69) is 30.0 Å². The smallest absolute Gasteiger partial charge is 0.307 e. The van der Waals surface area contributed by atoms with Crippen molar-refractivity contribution in [2.45, 2.75) is 32.2 Å². The molecule has 5 heteroatoms. The second-order valence-electron chi connectivity index (χ2n) is 6.29. The highest BCUT2D eigenvalue weighted by atomic mass is 35.5. The highest BCUT2D eigenvalue weighted by Gasteiger charge is 2.32. The molecule has 1 saturated heterocycles. The summed E-state index contributed by atoms with van der Waals surface area (Å²) in [6.07, 6.45) is 2.70.